The summed E-state index contributed by atoms with van der Waals surface area (Å²) in [6.07, 6.45) is 2.07. The quantitative estimate of drug-likeness (QED) is 0.628. The van der Waals surface area contributed by atoms with Crippen LogP contribution in [0.1, 0.15) is 36.5 Å². The molecule has 0 atom stereocenters. The smallest absolute Gasteiger partial charge is 0.223 e. The molecule has 136 valence electrons. The largest absolute Gasteiger partial charge is 0.496 e. The van der Waals surface area contributed by atoms with Gasteiger partial charge in [0.1, 0.15) is 5.75 Å². The third-order valence-electron chi connectivity index (χ3n) is 4.15. The summed E-state index contributed by atoms with van der Waals surface area (Å²) in [6.45, 7) is 3.37. The van der Waals surface area contributed by atoms with Crippen LogP contribution in [0.3, 0.4) is 0 Å². The third kappa shape index (κ3) is 5.60. The van der Waals surface area contributed by atoms with Crippen molar-refractivity contribution in [1.29, 1.82) is 5.26 Å². The average molecular weight is 415 g/mol. The van der Waals surface area contributed by atoms with Gasteiger partial charge >= 0.3 is 0 Å². The molecule has 2 aromatic carbocycles. The van der Waals surface area contributed by atoms with Crippen molar-refractivity contribution < 1.29 is 9.53 Å². The minimum atomic E-state index is 0.142. The van der Waals surface area contributed by atoms with Crippen molar-refractivity contribution in [2.24, 2.45) is 0 Å². The van der Waals surface area contributed by atoms with E-state index in [1.807, 2.05) is 35.2 Å². The van der Waals surface area contributed by atoms with Crippen molar-refractivity contribution in [3.63, 3.8) is 0 Å². The molecule has 1 amide bonds. The van der Waals surface area contributed by atoms with E-state index >= 15 is 0 Å². The number of amides is 1. The first kappa shape index (κ1) is 20.0. The Morgan fingerprint density at radius 2 is 1.88 bits per heavy atom. The predicted molar refractivity (Wildman–Crippen MR) is 106 cm³/mol. The highest BCUT2D eigenvalue weighted by molar-refractivity contribution is 9.10. The summed E-state index contributed by atoms with van der Waals surface area (Å²) >= 11 is 3.48. The van der Waals surface area contributed by atoms with Gasteiger partial charge in [-0.3, -0.25) is 4.79 Å². The summed E-state index contributed by atoms with van der Waals surface area (Å²) in [6, 6.07) is 15.4. The van der Waals surface area contributed by atoms with E-state index in [-0.39, 0.29) is 5.91 Å². The monoisotopic (exact) mass is 414 g/mol. The summed E-state index contributed by atoms with van der Waals surface area (Å²) in [5, 5.41) is 8.89. The molecule has 0 aliphatic carbocycles. The first-order valence-corrected chi connectivity index (χ1v) is 9.46. The molecule has 0 aliphatic heterocycles. The number of carbonyl (C=O) groups excluding carboxylic acids is 1. The molecule has 2 aromatic rings. The summed E-state index contributed by atoms with van der Waals surface area (Å²) in [4.78, 5) is 14.6. The van der Waals surface area contributed by atoms with Crippen molar-refractivity contribution in [2.75, 3.05) is 13.7 Å². The number of hydrogen-bond donors (Lipinski definition) is 0. The molecule has 5 heteroatoms. The molecule has 0 aliphatic rings. The van der Waals surface area contributed by atoms with Crippen LogP contribution in [0.4, 0.5) is 0 Å². The van der Waals surface area contributed by atoms with Gasteiger partial charge in [-0.1, -0.05) is 25.1 Å². The Hall–Kier alpha value is -2.32. The van der Waals surface area contributed by atoms with Gasteiger partial charge in [-0.05, 0) is 64.2 Å². The van der Waals surface area contributed by atoms with Crippen LogP contribution in [0.5, 0.6) is 5.75 Å². The number of rotatable bonds is 8. The number of halogens is 1. The van der Waals surface area contributed by atoms with Crippen LogP contribution in [0.25, 0.3) is 0 Å². The van der Waals surface area contributed by atoms with Gasteiger partial charge in [0.25, 0.3) is 0 Å². The molecule has 0 saturated heterocycles. The van der Waals surface area contributed by atoms with Gasteiger partial charge in [0, 0.05) is 19.5 Å². The molecular formula is C21H23BrN2O2. The van der Waals surface area contributed by atoms with Crippen LogP contribution >= 0.6 is 15.9 Å². The summed E-state index contributed by atoms with van der Waals surface area (Å²) in [7, 11) is 1.63. The number of nitrogens with zero attached hydrogens (tertiary/aromatic N) is 2. The van der Waals surface area contributed by atoms with Crippen LogP contribution in [-0.2, 0) is 17.8 Å². The van der Waals surface area contributed by atoms with E-state index in [0.717, 1.165) is 34.3 Å². The number of ether oxygens (including phenoxy) is 1. The normalized spacial score (nSPS) is 10.2. The number of aryl methyl sites for hydroxylation is 1. The minimum Gasteiger partial charge on any atom is -0.496 e. The lowest BCUT2D eigenvalue weighted by Gasteiger charge is -2.22. The van der Waals surface area contributed by atoms with Crippen LogP contribution < -0.4 is 4.74 Å². The second-order valence-corrected chi connectivity index (χ2v) is 6.95. The maximum atomic E-state index is 12.7. The van der Waals surface area contributed by atoms with E-state index in [2.05, 4.69) is 28.9 Å². The lowest BCUT2D eigenvalue weighted by molar-refractivity contribution is -0.131. The van der Waals surface area contributed by atoms with Gasteiger partial charge in [0.05, 0.1) is 23.2 Å². The fourth-order valence-electron chi connectivity index (χ4n) is 2.74. The molecule has 0 heterocycles. The van der Waals surface area contributed by atoms with Crippen molar-refractivity contribution in [1.82, 2.24) is 4.90 Å². The maximum Gasteiger partial charge on any atom is 0.223 e. The predicted octanol–water partition coefficient (Wildman–Crippen LogP) is 4.70. The van der Waals surface area contributed by atoms with Crippen LogP contribution in [-0.4, -0.2) is 24.5 Å². The number of benzene rings is 2. The van der Waals surface area contributed by atoms with Gasteiger partial charge in [-0.15, -0.1) is 0 Å². The molecule has 0 radical (unpaired) electrons. The number of hydrogen-bond acceptors (Lipinski definition) is 3. The zero-order valence-electron chi connectivity index (χ0n) is 15.2. The van der Waals surface area contributed by atoms with Gasteiger partial charge in [-0.25, -0.2) is 0 Å². The van der Waals surface area contributed by atoms with E-state index < -0.39 is 0 Å². The molecule has 4 nitrogen and oxygen atoms in total. The Kier molecular flexibility index (Phi) is 7.68. The SMILES string of the molecule is CCCN(Cc1ccc(C#N)cc1)C(=O)CCc1ccc(OC)c(Br)c1. The van der Waals surface area contributed by atoms with Gasteiger partial charge in [0.2, 0.25) is 5.91 Å². The second kappa shape index (κ2) is 9.98. The van der Waals surface area contributed by atoms with Crippen molar-refractivity contribution in [3.05, 3.63) is 63.6 Å². The lowest BCUT2D eigenvalue weighted by Crippen LogP contribution is -2.31. The van der Waals surface area contributed by atoms with Gasteiger partial charge in [0.15, 0.2) is 0 Å². The van der Waals surface area contributed by atoms with Crippen molar-refractivity contribution >= 4 is 21.8 Å². The first-order valence-electron chi connectivity index (χ1n) is 8.66. The number of carbonyl (C=O) groups is 1. The van der Waals surface area contributed by atoms with Crippen LogP contribution in [0.2, 0.25) is 0 Å². The van der Waals surface area contributed by atoms with E-state index in [4.69, 9.17) is 10.00 Å². The molecule has 0 unspecified atom stereocenters. The molecule has 2 rings (SSSR count). The van der Waals surface area contributed by atoms with Crippen molar-refractivity contribution in [3.8, 4) is 11.8 Å². The highest BCUT2D eigenvalue weighted by Crippen LogP contribution is 2.26. The summed E-state index contributed by atoms with van der Waals surface area (Å²) in [5.41, 5.74) is 2.77. The average Bonchev–Trinajstić information content (AvgIpc) is 2.66. The standard InChI is InChI=1S/C21H23BrN2O2/c1-3-12-24(15-18-6-4-17(14-23)5-7-18)21(25)11-9-16-8-10-20(26-2)19(22)13-16/h4-8,10,13H,3,9,11-12,15H2,1-2H3. The Labute approximate surface area is 163 Å². The van der Waals surface area contributed by atoms with E-state index in [9.17, 15) is 4.79 Å². The fourth-order valence-corrected chi connectivity index (χ4v) is 3.33. The van der Waals surface area contributed by atoms with E-state index in [0.29, 0.717) is 24.9 Å². The molecule has 0 bridgehead atoms. The summed E-state index contributed by atoms with van der Waals surface area (Å²) < 4.78 is 6.13. The molecule has 0 N–H and O–H groups in total. The zero-order chi connectivity index (χ0) is 18.9. The number of methoxy groups -OCH3 is 1. The molecule has 0 saturated carbocycles. The molecular weight excluding hydrogens is 392 g/mol. The Morgan fingerprint density at radius 3 is 2.46 bits per heavy atom. The van der Waals surface area contributed by atoms with E-state index in [1.165, 1.54) is 0 Å². The molecule has 0 fully saturated rings. The Bertz CT molecular complexity index is 782. The molecule has 0 spiro atoms. The fraction of sp³-hybridized carbons (Fsp3) is 0.333. The maximum absolute atomic E-state index is 12.7. The van der Waals surface area contributed by atoms with Crippen LogP contribution in [0, 0.1) is 11.3 Å². The van der Waals surface area contributed by atoms with E-state index in [1.54, 1.807) is 19.2 Å². The lowest BCUT2D eigenvalue weighted by atomic mass is 10.1. The van der Waals surface area contributed by atoms with Gasteiger partial charge in [-0.2, -0.15) is 5.26 Å². The minimum absolute atomic E-state index is 0.142. The highest BCUT2D eigenvalue weighted by Gasteiger charge is 2.14. The van der Waals surface area contributed by atoms with Gasteiger partial charge < -0.3 is 9.64 Å². The second-order valence-electron chi connectivity index (χ2n) is 6.09. The topological polar surface area (TPSA) is 53.3 Å². The Balaban J connectivity index is 1.98. The van der Waals surface area contributed by atoms with Crippen LogP contribution in [0.15, 0.2) is 46.9 Å². The molecule has 0 aromatic heterocycles. The number of nitriles is 1. The first-order chi connectivity index (χ1) is 12.6. The highest BCUT2D eigenvalue weighted by atomic mass is 79.9. The third-order valence-corrected chi connectivity index (χ3v) is 4.77. The zero-order valence-corrected chi connectivity index (χ0v) is 16.8. The summed E-state index contributed by atoms with van der Waals surface area (Å²) in [5.74, 6) is 0.927. The Morgan fingerprint density at radius 1 is 1.19 bits per heavy atom. The van der Waals surface area contributed by atoms with Crippen molar-refractivity contribution in [2.45, 2.75) is 32.7 Å². The molecule has 26 heavy (non-hydrogen) atoms.